The number of halogens is 1. The van der Waals surface area contributed by atoms with Crippen molar-refractivity contribution in [2.24, 2.45) is 0 Å². The maximum atomic E-state index is 2.69. The molecule has 2 rings (SSSR count). The van der Waals surface area contributed by atoms with E-state index in [9.17, 15) is 0 Å². The molecule has 72 valence electrons. The van der Waals surface area contributed by atoms with Crippen molar-refractivity contribution in [3.05, 3.63) is 54.6 Å². The van der Waals surface area contributed by atoms with E-state index in [4.69, 9.17) is 0 Å². The lowest BCUT2D eigenvalue weighted by Crippen LogP contribution is -1.87. The standard InChI is InChI=1S/C12H11P.FH/c13-12-8-6-11(7-9-12)10-4-2-1-3-5-10;/h1-9H,13H2;1H. The van der Waals surface area contributed by atoms with Crippen LogP contribution in [0.5, 0.6) is 0 Å². The van der Waals surface area contributed by atoms with Gasteiger partial charge in [0.15, 0.2) is 0 Å². The Hall–Kier alpha value is -1.20. The van der Waals surface area contributed by atoms with Crippen molar-refractivity contribution < 1.29 is 4.70 Å². The predicted octanol–water partition coefficient (Wildman–Crippen LogP) is 3.01. The third-order valence-electron chi connectivity index (χ3n) is 2.02. The molecule has 0 aliphatic heterocycles. The Morgan fingerprint density at radius 3 is 1.71 bits per heavy atom. The first-order valence-electron chi connectivity index (χ1n) is 4.27. The molecule has 1 unspecified atom stereocenters. The van der Waals surface area contributed by atoms with Gasteiger partial charge in [-0.15, -0.1) is 9.24 Å². The molecule has 0 fully saturated rings. The van der Waals surface area contributed by atoms with E-state index >= 15 is 0 Å². The van der Waals surface area contributed by atoms with Gasteiger partial charge in [0.2, 0.25) is 0 Å². The second-order valence-corrected chi connectivity index (χ2v) is 3.65. The van der Waals surface area contributed by atoms with Gasteiger partial charge in [-0.25, -0.2) is 0 Å². The van der Waals surface area contributed by atoms with Crippen molar-refractivity contribution in [1.29, 1.82) is 0 Å². The molecule has 0 bridgehead atoms. The van der Waals surface area contributed by atoms with E-state index in [-0.39, 0.29) is 4.70 Å². The first-order valence-corrected chi connectivity index (χ1v) is 4.85. The third-order valence-corrected chi connectivity index (χ3v) is 2.40. The fourth-order valence-electron chi connectivity index (χ4n) is 1.31. The third kappa shape index (κ3) is 2.40. The van der Waals surface area contributed by atoms with Gasteiger partial charge in [0.25, 0.3) is 0 Å². The van der Waals surface area contributed by atoms with Gasteiger partial charge < -0.3 is 0 Å². The van der Waals surface area contributed by atoms with Gasteiger partial charge in [-0.2, -0.15) is 0 Å². The molecule has 14 heavy (non-hydrogen) atoms. The molecule has 1 atom stereocenters. The molecule has 0 saturated heterocycles. The van der Waals surface area contributed by atoms with Crippen molar-refractivity contribution in [2.75, 3.05) is 0 Å². The quantitative estimate of drug-likeness (QED) is 0.629. The molecule has 2 aromatic carbocycles. The second-order valence-electron chi connectivity index (χ2n) is 2.99. The Morgan fingerprint density at radius 1 is 0.643 bits per heavy atom. The maximum absolute atomic E-state index is 2.69. The fourth-order valence-corrected chi connectivity index (χ4v) is 1.50. The van der Waals surface area contributed by atoms with E-state index in [0.29, 0.717) is 0 Å². The normalized spacial score (nSPS) is 9.21. The highest BCUT2D eigenvalue weighted by Gasteiger charge is 1.93. The summed E-state index contributed by atoms with van der Waals surface area (Å²) >= 11 is 0. The number of benzene rings is 2. The fraction of sp³-hybridized carbons (Fsp3) is 0. The van der Waals surface area contributed by atoms with Crippen LogP contribution in [0.2, 0.25) is 0 Å². The van der Waals surface area contributed by atoms with Gasteiger partial charge in [-0.3, -0.25) is 4.70 Å². The molecule has 0 saturated carbocycles. The smallest absolute Gasteiger partial charge is 0.0184 e. The summed E-state index contributed by atoms with van der Waals surface area (Å²) in [4.78, 5) is 0. The minimum absolute atomic E-state index is 0. The van der Waals surface area contributed by atoms with E-state index in [1.54, 1.807) is 0 Å². The molecule has 0 heterocycles. The molecule has 2 heteroatoms. The maximum Gasteiger partial charge on any atom is -0.0184 e. The van der Waals surface area contributed by atoms with Gasteiger partial charge >= 0.3 is 0 Å². The predicted molar refractivity (Wildman–Crippen MR) is 63.7 cm³/mol. The van der Waals surface area contributed by atoms with E-state index < -0.39 is 0 Å². The first-order chi connectivity index (χ1) is 6.36. The lowest BCUT2D eigenvalue weighted by atomic mass is 10.1. The zero-order valence-electron chi connectivity index (χ0n) is 7.68. The highest BCUT2D eigenvalue weighted by Crippen LogP contribution is 2.17. The molecular weight excluding hydrogens is 194 g/mol. The average molecular weight is 206 g/mol. The second kappa shape index (κ2) is 4.88. The molecule has 0 aliphatic carbocycles. The molecule has 0 spiro atoms. The summed E-state index contributed by atoms with van der Waals surface area (Å²) in [5, 5.41) is 1.22. The number of rotatable bonds is 1. The summed E-state index contributed by atoms with van der Waals surface area (Å²) in [6.07, 6.45) is 0. The topological polar surface area (TPSA) is 0 Å². The lowest BCUT2D eigenvalue weighted by Gasteiger charge is -2.00. The number of hydrogen-bond donors (Lipinski definition) is 0. The monoisotopic (exact) mass is 206 g/mol. The largest absolute Gasteiger partial charge is 0.269 e. The SMILES string of the molecule is F.Pc1ccc(-c2ccccc2)cc1. The van der Waals surface area contributed by atoms with Crippen molar-refractivity contribution >= 4 is 14.5 Å². The molecule has 0 amide bonds. The van der Waals surface area contributed by atoms with E-state index in [1.807, 2.05) is 6.07 Å². The van der Waals surface area contributed by atoms with Crippen LogP contribution < -0.4 is 5.30 Å². The summed E-state index contributed by atoms with van der Waals surface area (Å²) in [5.74, 6) is 0. The van der Waals surface area contributed by atoms with Crippen LogP contribution >= 0.6 is 9.24 Å². The Bertz CT molecular complexity index is 381. The van der Waals surface area contributed by atoms with Gasteiger partial charge in [0, 0.05) is 0 Å². The van der Waals surface area contributed by atoms with Crippen LogP contribution in [0.3, 0.4) is 0 Å². The zero-order chi connectivity index (χ0) is 9.10. The number of hydrogen-bond acceptors (Lipinski definition) is 0. The Labute approximate surface area is 85.5 Å². The first kappa shape index (κ1) is 10.9. The Morgan fingerprint density at radius 2 is 1.14 bits per heavy atom. The van der Waals surface area contributed by atoms with Crippen LogP contribution in [-0.4, -0.2) is 0 Å². The molecule has 0 aliphatic rings. The summed E-state index contributed by atoms with van der Waals surface area (Å²) < 4.78 is 0. The highest BCUT2D eigenvalue weighted by atomic mass is 31.0. The van der Waals surface area contributed by atoms with Crippen LogP contribution in [-0.2, 0) is 0 Å². The van der Waals surface area contributed by atoms with Gasteiger partial charge in [0.05, 0.1) is 0 Å². The van der Waals surface area contributed by atoms with E-state index in [0.717, 1.165) is 0 Å². The Balaban J connectivity index is 0.000000980. The van der Waals surface area contributed by atoms with Gasteiger partial charge in [-0.05, 0) is 16.4 Å². The average Bonchev–Trinajstić information content (AvgIpc) is 2.20. The summed E-state index contributed by atoms with van der Waals surface area (Å²) in [6.45, 7) is 0. The van der Waals surface area contributed by atoms with Gasteiger partial charge in [0.1, 0.15) is 0 Å². The highest BCUT2D eigenvalue weighted by molar-refractivity contribution is 7.27. The van der Waals surface area contributed by atoms with Crippen molar-refractivity contribution in [1.82, 2.24) is 0 Å². The van der Waals surface area contributed by atoms with E-state index in [1.165, 1.54) is 16.4 Å². The molecule has 2 aromatic rings. The van der Waals surface area contributed by atoms with Crippen molar-refractivity contribution in [2.45, 2.75) is 0 Å². The zero-order valence-corrected chi connectivity index (χ0v) is 8.84. The van der Waals surface area contributed by atoms with E-state index in [2.05, 4.69) is 57.8 Å². The van der Waals surface area contributed by atoms with Crippen LogP contribution in [0, 0.1) is 0 Å². The Kier molecular flexibility index (Phi) is 3.79. The van der Waals surface area contributed by atoms with Crippen LogP contribution in [0.25, 0.3) is 11.1 Å². The minimum atomic E-state index is 0. The van der Waals surface area contributed by atoms with Crippen molar-refractivity contribution in [3.63, 3.8) is 0 Å². The van der Waals surface area contributed by atoms with Gasteiger partial charge in [-0.1, -0.05) is 54.6 Å². The molecule has 0 aromatic heterocycles. The molecular formula is C12H12FP. The summed E-state index contributed by atoms with van der Waals surface area (Å²) in [5.41, 5.74) is 2.54. The van der Waals surface area contributed by atoms with Crippen LogP contribution in [0.15, 0.2) is 54.6 Å². The lowest BCUT2D eigenvalue weighted by molar-refractivity contribution is 1.11. The van der Waals surface area contributed by atoms with Crippen molar-refractivity contribution in [3.8, 4) is 11.1 Å². The molecule has 0 nitrogen and oxygen atoms in total. The molecule has 0 N–H and O–H groups in total. The minimum Gasteiger partial charge on any atom is -0.269 e. The summed E-state index contributed by atoms with van der Waals surface area (Å²) in [6, 6.07) is 18.9. The van der Waals surface area contributed by atoms with Crippen LogP contribution in [0.4, 0.5) is 4.70 Å². The van der Waals surface area contributed by atoms with Crippen LogP contribution in [0.1, 0.15) is 0 Å². The summed E-state index contributed by atoms with van der Waals surface area (Å²) in [7, 11) is 2.69. The molecule has 0 radical (unpaired) electrons.